The second kappa shape index (κ2) is 16.9. The first kappa shape index (κ1) is 37.8. The zero-order valence-electron chi connectivity index (χ0n) is 29.0. The average molecular weight is 660 g/mol. The molecule has 3 aromatic carbocycles. The van der Waals surface area contributed by atoms with E-state index >= 15 is 0 Å². The number of carbonyl (C=O) groups is 4. The highest BCUT2D eigenvalue weighted by Crippen LogP contribution is 2.25. The maximum atomic E-state index is 14.5. The smallest absolute Gasteiger partial charge is 0.408 e. The lowest BCUT2D eigenvalue weighted by Gasteiger charge is -2.35. The summed E-state index contributed by atoms with van der Waals surface area (Å²) < 4.78 is 11.2. The number of rotatable bonds is 13. The number of aliphatic hydroxyl groups is 1. The Morgan fingerprint density at radius 1 is 0.708 bits per heavy atom. The first-order valence-electron chi connectivity index (χ1n) is 16.1. The van der Waals surface area contributed by atoms with Crippen LogP contribution in [0.15, 0.2) is 84.9 Å². The van der Waals surface area contributed by atoms with E-state index in [-0.39, 0.29) is 19.4 Å². The van der Waals surface area contributed by atoms with Gasteiger partial charge < -0.3 is 30.1 Å². The first-order valence-corrected chi connectivity index (χ1v) is 16.1. The van der Waals surface area contributed by atoms with E-state index in [2.05, 4.69) is 10.6 Å². The molecule has 3 unspecified atom stereocenters. The van der Waals surface area contributed by atoms with Gasteiger partial charge in [-0.05, 0) is 65.2 Å². The van der Waals surface area contributed by atoms with Gasteiger partial charge in [-0.15, -0.1) is 0 Å². The van der Waals surface area contributed by atoms with Gasteiger partial charge in [-0.3, -0.25) is 9.59 Å². The van der Waals surface area contributed by atoms with Gasteiger partial charge in [0.1, 0.15) is 29.3 Å². The van der Waals surface area contributed by atoms with E-state index in [0.717, 1.165) is 16.7 Å². The van der Waals surface area contributed by atoms with Crippen molar-refractivity contribution in [2.24, 2.45) is 0 Å². The summed E-state index contributed by atoms with van der Waals surface area (Å²) in [7, 11) is 0. The Hall–Kier alpha value is -4.70. The molecule has 258 valence electrons. The van der Waals surface area contributed by atoms with Crippen molar-refractivity contribution in [2.75, 3.05) is 13.2 Å². The van der Waals surface area contributed by atoms with Crippen LogP contribution in [0.4, 0.5) is 4.79 Å². The molecule has 3 atom stereocenters. The van der Waals surface area contributed by atoms with Gasteiger partial charge in [-0.2, -0.15) is 0 Å². The molecule has 0 saturated heterocycles. The normalized spacial score (nSPS) is 13.4. The molecule has 0 radical (unpaired) electrons. The van der Waals surface area contributed by atoms with E-state index in [9.17, 15) is 24.3 Å². The highest BCUT2D eigenvalue weighted by Gasteiger charge is 2.38. The molecule has 0 heterocycles. The summed E-state index contributed by atoms with van der Waals surface area (Å²) in [6.07, 6.45) is -0.560. The third-order valence-electron chi connectivity index (χ3n) is 7.14. The van der Waals surface area contributed by atoms with Crippen LogP contribution in [0, 0.1) is 6.92 Å². The van der Waals surface area contributed by atoms with Crippen LogP contribution in [0.5, 0.6) is 0 Å². The number of alkyl carbamates (subject to hydrolysis) is 1. The molecule has 0 aliphatic rings. The van der Waals surface area contributed by atoms with Crippen LogP contribution < -0.4 is 10.6 Å². The Balaban J connectivity index is 2.06. The van der Waals surface area contributed by atoms with Gasteiger partial charge in [0.15, 0.2) is 0 Å². The summed E-state index contributed by atoms with van der Waals surface area (Å²) in [5.41, 5.74) is 1.31. The van der Waals surface area contributed by atoms with E-state index < -0.39 is 59.8 Å². The maximum absolute atomic E-state index is 14.5. The lowest BCUT2D eigenvalue weighted by Crippen LogP contribution is -2.56. The second-order valence-corrected chi connectivity index (χ2v) is 13.7. The Labute approximate surface area is 283 Å². The van der Waals surface area contributed by atoms with Gasteiger partial charge in [0.2, 0.25) is 11.8 Å². The van der Waals surface area contributed by atoms with Crippen molar-refractivity contribution in [1.82, 2.24) is 15.5 Å². The van der Waals surface area contributed by atoms with Crippen molar-refractivity contribution in [3.05, 3.63) is 107 Å². The summed E-state index contributed by atoms with van der Waals surface area (Å²) >= 11 is 0. The third kappa shape index (κ3) is 12.2. The molecule has 0 fully saturated rings. The number of aliphatic hydroxyl groups excluding tert-OH is 1. The van der Waals surface area contributed by atoms with Crippen LogP contribution in [0.1, 0.15) is 69.8 Å². The monoisotopic (exact) mass is 659 g/mol. The van der Waals surface area contributed by atoms with Gasteiger partial charge in [-0.1, -0.05) is 90.5 Å². The highest BCUT2D eigenvalue weighted by atomic mass is 16.6. The number of aryl methyl sites for hydroxylation is 1. The lowest BCUT2D eigenvalue weighted by atomic mass is 9.98. The van der Waals surface area contributed by atoms with Crippen molar-refractivity contribution in [2.45, 2.75) is 90.6 Å². The molecule has 10 nitrogen and oxygen atoms in total. The quantitative estimate of drug-likeness (QED) is 0.218. The van der Waals surface area contributed by atoms with E-state index in [0.29, 0.717) is 5.56 Å². The number of hydrogen-bond acceptors (Lipinski definition) is 7. The Kier molecular flexibility index (Phi) is 13.3. The number of benzene rings is 3. The number of hydrogen-bond donors (Lipinski definition) is 3. The summed E-state index contributed by atoms with van der Waals surface area (Å²) in [6.45, 7) is 11.6. The second-order valence-electron chi connectivity index (χ2n) is 13.7. The van der Waals surface area contributed by atoms with Crippen LogP contribution in [-0.4, -0.2) is 70.3 Å². The van der Waals surface area contributed by atoms with Crippen LogP contribution >= 0.6 is 0 Å². The minimum Gasteiger partial charge on any atom is -0.458 e. The first-order chi connectivity index (χ1) is 22.6. The molecule has 3 aromatic rings. The van der Waals surface area contributed by atoms with Crippen LogP contribution in [-0.2, 0) is 36.7 Å². The van der Waals surface area contributed by atoms with E-state index in [1.54, 1.807) is 53.7 Å². The van der Waals surface area contributed by atoms with Crippen molar-refractivity contribution in [3.63, 3.8) is 0 Å². The van der Waals surface area contributed by atoms with Gasteiger partial charge in [-0.25, -0.2) is 9.59 Å². The fraction of sp³-hybridized carbons (Fsp3) is 0.421. The molecule has 0 spiro atoms. The number of nitrogens with zero attached hydrogens (tertiary/aromatic N) is 1. The summed E-state index contributed by atoms with van der Waals surface area (Å²) in [4.78, 5) is 56.6. The SMILES string of the molecule is Cc1ccc(C(C(=O)NC(Cc2ccccc2)C(=O)OC(C)(C)C)N(CCO)C(=O)C(Cc2ccccc2)NC(=O)OC(C)(C)C)cc1. The van der Waals surface area contributed by atoms with E-state index in [4.69, 9.17) is 9.47 Å². The Bertz CT molecular complexity index is 1500. The number of carbonyl (C=O) groups excluding carboxylic acids is 4. The third-order valence-corrected chi connectivity index (χ3v) is 7.14. The number of amides is 3. The zero-order valence-corrected chi connectivity index (χ0v) is 29.0. The minimum absolute atomic E-state index is 0.0949. The van der Waals surface area contributed by atoms with Crippen molar-refractivity contribution in [3.8, 4) is 0 Å². The summed E-state index contributed by atoms with van der Waals surface area (Å²) in [6, 6.07) is 21.9. The van der Waals surface area contributed by atoms with Crippen molar-refractivity contribution < 1.29 is 33.8 Å². The minimum atomic E-state index is -1.27. The van der Waals surface area contributed by atoms with Crippen LogP contribution in [0.25, 0.3) is 0 Å². The molecule has 10 heteroatoms. The van der Waals surface area contributed by atoms with Crippen molar-refractivity contribution >= 4 is 23.9 Å². The highest BCUT2D eigenvalue weighted by molar-refractivity contribution is 5.94. The van der Waals surface area contributed by atoms with Crippen molar-refractivity contribution in [1.29, 1.82) is 0 Å². The number of nitrogens with one attached hydrogen (secondary N) is 2. The van der Waals surface area contributed by atoms with Crippen LogP contribution in [0.2, 0.25) is 0 Å². The van der Waals surface area contributed by atoms with E-state index in [1.807, 2.05) is 79.7 Å². The summed E-state index contributed by atoms with van der Waals surface area (Å²) in [5.74, 6) is -1.89. The lowest BCUT2D eigenvalue weighted by molar-refractivity contribution is -0.159. The predicted octanol–water partition coefficient (Wildman–Crippen LogP) is 5.06. The van der Waals surface area contributed by atoms with Gasteiger partial charge in [0.25, 0.3) is 0 Å². The average Bonchev–Trinajstić information content (AvgIpc) is 3.00. The molecule has 0 bridgehead atoms. The molecule has 3 N–H and O–H groups in total. The Morgan fingerprint density at radius 3 is 1.69 bits per heavy atom. The maximum Gasteiger partial charge on any atom is 0.408 e. The molecule has 48 heavy (non-hydrogen) atoms. The molecule has 0 aliphatic heterocycles. The Morgan fingerprint density at radius 2 is 1.21 bits per heavy atom. The molecule has 3 rings (SSSR count). The fourth-order valence-electron chi connectivity index (χ4n) is 5.06. The topological polar surface area (TPSA) is 134 Å². The standard InChI is InChI=1S/C38H49N3O7/c1-26-18-20-29(21-19-26)32(33(43)39-31(35(45)47-37(2,3)4)25-28-16-12-9-13-17-28)41(22-23-42)34(44)30(24-27-14-10-8-11-15-27)40-36(46)48-38(5,6)7/h8-21,30-32,42H,22-25H2,1-7H3,(H,39,43)(H,40,46). The van der Waals surface area contributed by atoms with Gasteiger partial charge in [0, 0.05) is 19.4 Å². The largest absolute Gasteiger partial charge is 0.458 e. The zero-order chi connectivity index (χ0) is 35.5. The molecule has 3 amide bonds. The summed E-state index contributed by atoms with van der Waals surface area (Å²) in [5, 5.41) is 15.7. The van der Waals surface area contributed by atoms with Gasteiger partial charge >= 0.3 is 12.1 Å². The van der Waals surface area contributed by atoms with Crippen LogP contribution in [0.3, 0.4) is 0 Å². The van der Waals surface area contributed by atoms with Gasteiger partial charge in [0.05, 0.1) is 6.61 Å². The molecular weight excluding hydrogens is 610 g/mol. The van der Waals surface area contributed by atoms with E-state index in [1.165, 1.54) is 4.90 Å². The molecule has 0 aromatic heterocycles. The molecular formula is C38H49N3O7. The molecule has 0 aliphatic carbocycles. The predicted molar refractivity (Wildman–Crippen MR) is 184 cm³/mol. The molecule has 0 saturated carbocycles. The number of esters is 1. The fourth-order valence-corrected chi connectivity index (χ4v) is 5.06. The number of ether oxygens (including phenoxy) is 2.